The van der Waals surface area contributed by atoms with Gasteiger partial charge in [-0.1, -0.05) is 26.3 Å². The number of carboxylic acid groups (broad SMARTS) is 1. The molecular formula is C15H24N2O3S. The predicted molar refractivity (Wildman–Crippen MR) is 84.7 cm³/mol. The highest BCUT2D eigenvalue weighted by molar-refractivity contribution is 7.09. The van der Waals surface area contributed by atoms with Gasteiger partial charge in [0.05, 0.1) is 0 Å². The maximum atomic E-state index is 12.2. The van der Waals surface area contributed by atoms with Crippen LogP contribution in [-0.4, -0.2) is 41.1 Å². The molecule has 0 aromatic carbocycles. The van der Waals surface area contributed by atoms with Gasteiger partial charge in [-0.3, -0.25) is 0 Å². The molecule has 0 radical (unpaired) electrons. The summed E-state index contributed by atoms with van der Waals surface area (Å²) >= 11 is 1.66. The van der Waals surface area contributed by atoms with Crippen LogP contribution in [0.15, 0.2) is 17.5 Å². The first-order valence-corrected chi connectivity index (χ1v) is 8.03. The molecule has 0 aliphatic rings. The second kappa shape index (κ2) is 8.02. The van der Waals surface area contributed by atoms with Crippen molar-refractivity contribution in [2.75, 3.05) is 7.05 Å². The lowest BCUT2D eigenvalue weighted by molar-refractivity contribution is -0.140. The number of hydrogen-bond acceptors (Lipinski definition) is 3. The van der Waals surface area contributed by atoms with Gasteiger partial charge in [0.15, 0.2) is 0 Å². The monoisotopic (exact) mass is 312 g/mol. The minimum absolute atomic E-state index is 0.00928. The zero-order chi connectivity index (χ0) is 16.0. The molecule has 0 saturated heterocycles. The van der Waals surface area contributed by atoms with Gasteiger partial charge < -0.3 is 15.3 Å². The summed E-state index contributed by atoms with van der Waals surface area (Å²) < 4.78 is 0. The highest BCUT2D eigenvalue weighted by Crippen LogP contribution is 2.14. The summed E-state index contributed by atoms with van der Waals surface area (Å²) in [6.45, 7) is 5.70. The third-order valence-electron chi connectivity index (χ3n) is 3.82. The van der Waals surface area contributed by atoms with E-state index in [4.69, 9.17) is 0 Å². The Morgan fingerprint density at radius 2 is 2.10 bits per heavy atom. The Bertz CT molecular complexity index is 461. The van der Waals surface area contributed by atoms with E-state index >= 15 is 0 Å². The number of likely N-dealkylation sites (N-methyl/N-ethyl adjacent to an activating group) is 1. The van der Waals surface area contributed by atoms with Crippen molar-refractivity contribution in [1.82, 2.24) is 10.2 Å². The molecule has 0 aliphatic heterocycles. The molecule has 6 heteroatoms. The van der Waals surface area contributed by atoms with Crippen molar-refractivity contribution in [2.24, 2.45) is 5.92 Å². The maximum Gasteiger partial charge on any atom is 0.326 e. The number of carboxylic acids is 1. The highest BCUT2D eigenvalue weighted by Gasteiger charge is 2.27. The summed E-state index contributed by atoms with van der Waals surface area (Å²) in [7, 11) is 1.70. The quantitative estimate of drug-likeness (QED) is 0.813. The Balaban J connectivity index is 2.61. The topological polar surface area (TPSA) is 69.6 Å². The molecule has 2 unspecified atom stereocenters. The van der Waals surface area contributed by atoms with Crippen LogP contribution in [-0.2, 0) is 11.2 Å². The molecule has 0 bridgehead atoms. The lowest BCUT2D eigenvalue weighted by Gasteiger charge is -2.28. The van der Waals surface area contributed by atoms with Crippen LogP contribution in [0, 0.1) is 5.92 Å². The van der Waals surface area contributed by atoms with Gasteiger partial charge in [0.2, 0.25) is 0 Å². The molecule has 118 valence electrons. The fourth-order valence-corrected chi connectivity index (χ4v) is 2.80. The summed E-state index contributed by atoms with van der Waals surface area (Å²) in [5.41, 5.74) is 0. The molecule has 0 spiro atoms. The molecule has 21 heavy (non-hydrogen) atoms. The number of carbonyl (C=O) groups is 2. The zero-order valence-electron chi connectivity index (χ0n) is 13.0. The van der Waals surface area contributed by atoms with Gasteiger partial charge in [-0.05, 0) is 24.3 Å². The van der Waals surface area contributed by atoms with Crippen LogP contribution in [0.25, 0.3) is 0 Å². The third-order valence-corrected chi connectivity index (χ3v) is 4.71. The van der Waals surface area contributed by atoms with E-state index in [1.807, 2.05) is 38.3 Å². The number of hydrogen-bond donors (Lipinski definition) is 2. The molecule has 2 amide bonds. The number of aliphatic carboxylic acids is 1. The van der Waals surface area contributed by atoms with Crippen LogP contribution in [0.3, 0.4) is 0 Å². The van der Waals surface area contributed by atoms with Crippen molar-refractivity contribution in [3.8, 4) is 0 Å². The maximum absolute atomic E-state index is 12.2. The Morgan fingerprint density at radius 3 is 2.57 bits per heavy atom. The molecule has 0 fully saturated rings. The molecule has 0 aliphatic carbocycles. The predicted octanol–water partition coefficient (Wildman–Crippen LogP) is 2.82. The van der Waals surface area contributed by atoms with E-state index < -0.39 is 12.0 Å². The molecule has 0 saturated carbocycles. The Kier molecular flexibility index (Phi) is 6.68. The fraction of sp³-hybridized carbons (Fsp3) is 0.600. The third kappa shape index (κ3) is 5.04. The first kappa shape index (κ1) is 17.5. The van der Waals surface area contributed by atoms with Crippen LogP contribution >= 0.6 is 11.3 Å². The van der Waals surface area contributed by atoms with E-state index in [2.05, 4.69) is 5.32 Å². The van der Waals surface area contributed by atoms with Crippen molar-refractivity contribution in [1.29, 1.82) is 0 Å². The molecular weight excluding hydrogens is 288 g/mol. The van der Waals surface area contributed by atoms with Crippen molar-refractivity contribution >= 4 is 23.3 Å². The van der Waals surface area contributed by atoms with E-state index in [9.17, 15) is 14.7 Å². The molecule has 3 atom stereocenters. The molecule has 1 heterocycles. The molecule has 1 aromatic rings. The average Bonchev–Trinajstić information content (AvgIpc) is 2.95. The van der Waals surface area contributed by atoms with Gasteiger partial charge in [0.1, 0.15) is 6.04 Å². The van der Waals surface area contributed by atoms with E-state index in [-0.39, 0.29) is 18.0 Å². The number of urea groups is 1. The Labute approximate surface area is 130 Å². The smallest absolute Gasteiger partial charge is 0.326 e. The normalized spacial score (nSPS) is 15.0. The molecule has 5 nitrogen and oxygen atoms in total. The first-order valence-electron chi connectivity index (χ1n) is 7.15. The van der Waals surface area contributed by atoms with Gasteiger partial charge in [0, 0.05) is 24.4 Å². The highest BCUT2D eigenvalue weighted by atomic mass is 32.1. The fourth-order valence-electron chi connectivity index (χ4n) is 1.97. The van der Waals surface area contributed by atoms with Crippen LogP contribution in [0.4, 0.5) is 4.79 Å². The van der Waals surface area contributed by atoms with Crippen LogP contribution < -0.4 is 5.32 Å². The van der Waals surface area contributed by atoms with Gasteiger partial charge in [-0.2, -0.15) is 0 Å². The van der Waals surface area contributed by atoms with E-state index in [1.54, 1.807) is 23.3 Å². The van der Waals surface area contributed by atoms with E-state index in [0.717, 1.165) is 6.42 Å². The largest absolute Gasteiger partial charge is 0.480 e. The van der Waals surface area contributed by atoms with Gasteiger partial charge in [-0.15, -0.1) is 11.3 Å². The summed E-state index contributed by atoms with van der Waals surface area (Å²) in [5, 5.41) is 13.8. The lowest BCUT2D eigenvalue weighted by Crippen LogP contribution is -2.51. The van der Waals surface area contributed by atoms with Crippen LogP contribution in [0.5, 0.6) is 0 Å². The van der Waals surface area contributed by atoms with Crippen LogP contribution in [0.1, 0.15) is 32.1 Å². The number of nitrogens with zero attached hydrogens (tertiary/aromatic N) is 1. The number of carbonyl (C=O) groups excluding carboxylic acids is 1. The molecule has 2 N–H and O–H groups in total. The van der Waals surface area contributed by atoms with Crippen molar-refractivity contribution in [3.05, 3.63) is 22.4 Å². The van der Waals surface area contributed by atoms with E-state index in [1.165, 1.54) is 4.88 Å². The minimum Gasteiger partial charge on any atom is -0.480 e. The SMILES string of the molecule is CCC(C)[C@H](NC(=O)N(C)C(C)Cc1cccs1)C(=O)O. The number of thiophene rings is 1. The zero-order valence-corrected chi connectivity index (χ0v) is 13.8. The molecule has 1 aromatic heterocycles. The minimum atomic E-state index is -0.989. The second-order valence-electron chi connectivity index (χ2n) is 5.39. The lowest BCUT2D eigenvalue weighted by atomic mass is 9.99. The number of rotatable bonds is 7. The summed E-state index contributed by atoms with van der Waals surface area (Å²) in [5.74, 6) is -1.09. The van der Waals surface area contributed by atoms with Gasteiger partial charge in [0.25, 0.3) is 0 Å². The molecule has 1 rings (SSSR count). The van der Waals surface area contributed by atoms with E-state index in [0.29, 0.717) is 6.42 Å². The Hall–Kier alpha value is -1.56. The summed E-state index contributed by atoms with van der Waals surface area (Å²) in [4.78, 5) is 26.2. The summed E-state index contributed by atoms with van der Waals surface area (Å²) in [6.07, 6.45) is 1.47. The van der Waals surface area contributed by atoms with Gasteiger partial charge in [-0.25, -0.2) is 9.59 Å². The van der Waals surface area contributed by atoms with Crippen molar-refractivity contribution in [3.63, 3.8) is 0 Å². The first-order chi connectivity index (χ1) is 9.86. The number of nitrogens with one attached hydrogen (secondary N) is 1. The average molecular weight is 312 g/mol. The summed E-state index contributed by atoms with van der Waals surface area (Å²) in [6, 6.07) is 2.84. The van der Waals surface area contributed by atoms with Crippen LogP contribution in [0.2, 0.25) is 0 Å². The van der Waals surface area contributed by atoms with Crippen molar-refractivity contribution < 1.29 is 14.7 Å². The standard InChI is InChI=1S/C15H24N2O3S/c1-5-10(2)13(14(18)19)16-15(20)17(4)11(3)9-12-7-6-8-21-12/h6-8,10-11,13H,5,9H2,1-4H3,(H,16,20)(H,18,19)/t10?,11?,13-/m0/s1. The Morgan fingerprint density at radius 1 is 1.43 bits per heavy atom. The second-order valence-corrected chi connectivity index (χ2v) is 6.43. The number of amides is 2. The van der Waals surface area contributed by atoms with Gasteiger partial charge >= 0.3 is 12.0 Å². The van der Waals surface area contributed by atoms with Crippen molar-refractivity contribution in [2.45, 2.75) is 45.7 Å².